The number of aromatic carboxylic acids is 1. The van der Waals surface area contributed by atoms with Crippen molar-refractivity contribution in [1.82, 2.24) is 9.47 Å². The van der Waals surface area contributed by atoms with E-state index in [1.807, 2.05) is 97.9 Å². The summed E-state index contributed by atoms with van der Waals surface area (Å²) < 4.78 is 100. The van der Waals surface area contributed by atoms with Gasteiger partial charge in [0.05, 0.1) is 21.8 Å². The van der Waals surface area contributed by atoms with Gasteiger partial charge in [0, 0.05) is 82.8 Å². The van der Waals surface area contributed by atoms with E-state index >= 15 is 0 Å². The Hall–Kier alpha value is -5.66. The van der Waals surface area contributed by atoms with E-state index in [4.69, 9.17) is 11.6 Å². The third-order valence-electron chi connectivity index (χ3n) is 12.3. The quantitative estimate of drug-likeness (QED) is 0.0751. The summed E-state index contributed by atoms with van der Waals surface area (Å²) in [6.07, 6.45) is 3.00. The van der Waals surface area contributed by atoms with Gasteiger partial charge in [-0.25, -0.2) is 21.6 Å². The van der Waals surface area contributed by atoms with Gasteiger partial charge in [-0.05, 0) is 136 Å². The summed E-state index contributed by atoms with van der Waals surface area (Å²) in [4.78, 5) is 18.3. The number of thioether (sulfide) groups is 1. The van der Waals surface area contributed by atoms with Gasteiger partial charge in [0.15, 0.2) is 0 Å². The number of benzene rings is 5. The first-order valence-electron chi connectivity index (χ1n) is 22.4. The van der Waals surface area contributed by atoms with E-state index in [0.29, 0.717) is 73.5 Å². The lowest BCUT2D eigenvalue weighted by molar-refractivity contribution is -0.0435. The first-order chi connectivity index (χ1) is 32.9. The van der Waals surface area contributed by atoms with Gasteiger partial charge in [0.2, 0.25) is 0 Å². The van der Waals surface area contributed by atoms with Crippen LogP contribution in [-0.2, 0) is 32.8 Å². The van der Waals surface area contributed by atoms with Crippen molar-refractivity contribution in [2.75, 3.05) is 72.4 Å². The normalized spacial score (nSPS) is 14.9. The zero-order valence-electron chi connectivity index (χ0n) is 37.9. The highest BCUT2D eigenvalue weighted by atomic mass is 35.5. The Morgan fingerprint density at radius 3 is 2.13 bits per heavy atom. The van der Waals surface area contributed by atoms with Crippen molar-refractivity contribution in [1.29, 1.82) is 0 Å². The molecule has 0 aliphatic carbocycles. The maximum absolute atomic E-state index is 14.1. The van der Waals surface area contributed by atoms with Crippen LogP contribution in [0.5, 0.6) is 0 Å². The van der Waals surface area contributed by atoms with Crippen LogP contribution < -0.4 is 19.8 Å². The van der Waals surface area contributed by atoms with Crippen LogP contribution in [0.3, 0.4) is 0 Å². The van der Waals surface area contributed by atoms with Gasteiger partial charge in [-0.15, -0.1) is 11.8 Å². The predicted molar refractivity (Wildman–Crippen MR) is 269 cm³/mol. The number of hydrogen-bond acceptors (Lipinski definition) is 10. The van der Waals surface area contributed by atoms with E-state index in [1.165, 1.54) is 11.8 Å². The van der Waals surface area contributed by atoms with Crippen LogP contribution in [0.15, 0.2) is 136 Å². The van der Waals surface area contributed by atoms with Gasteiger partial charge in [0.25, 0.3) is 19.9 Å². The van der Waals surface area contributed by atoms with Crippen molar-refractivity contribution in [3.63, 3.8) is 0 Å². The van der Waals surface area contributed by atoms with Crippen LogP contribution in [0, 0.1) is 0 Å². The Morgan fingerprint density at radius 2 is 1.48 bits per heavy atom. The topological polar surface area (TPSA) is 144 Å². The lowest BCUT2D eigenvalue weighted by Crippen LogP contribution is -2.46. The van der Waals surface area contributed by atoms with Crippen molar-refractivity contribution in [2.24, 2.45) is 0 Å². The number of halogens is 4. The zero-order chi connectivity index (χ0) is 49.1. The summed E-state index contributed by atoms with van der Waals surface area (Å²) in [5.74, 6) is -0.569. The van der Waals surface area contributed by atoms with Crippen molar-refractivity contribution in [3.8, 4) is 22.4 Å². The second kappa shape index (κ2) is 20.7. The molecule has 69 heavy (non-hydrogen) atoms. The maximum atomic E-state index is 14.1. The number of hydrogen-bond donors (Lipinski definition) is 3. The average molecular weight is 1020 g/mol. The molecule has 1 saturated heterocycles. The van der Waals surface area contributed by atoms with Crippen molar-refractivity contribution in [3.05, 3.63) is 138 Å². The molecule has 0 spiro atoms. The molecule has 5 aromatic carbocycles. The standard InChI is InChI=1S/C50H52ClF3N6O6S3/c1-57(2)26-24-38(33-67-41-11-4-3-5-12-41)55-43-23-22-42(32-45(43)68(63,64)50(52,53)54)69(65,66)56-37-18-20-39(21-19-37)58-27-29-59(30-28-58)40-10-8-9-35(31-40)46-47(49(61)62)44-13-6-7-25-60(44)48(46)34-14-16-36(51)17-15-34/h3-5,8-12,14-23,31-32,38,55-56H,6-7,13,24-30,33H2,1-2H3,(H,61,62)/t38-/m1/s1. The predicted octanol–water partition coefficient (Wildman–Crippen LogP) is 10.5. The van der Waals surface area contributed by atoms with Gasteiger partial charge >= 0.3 is 11.5 Å². The minimum absolute atomic E-state index is 0.129. The van der Waals surface area contributed by atoms with Gasteiger partial charge in [0.1, 0.15) is 4.90 Å². The maximum Gasteiger partial charge on any atom is 0.501 e. The molecule has 12 nitrogen and oxygen atoms in total. The Kier molecular flexibility index (Phi) is 15.0. The van der Waals surface area contributed by atoms with E-state index in [0.717, 1.165) is 70.3 Å². The highest BCUT2D eigenvalue weighted by molar-refractivity contribution is 7.99. The molecule has 0 saturated carbocycles. The second-order valence-electron chi connectivity index (χ2n) is 17.3. The molecule has 1 atom stereocenters. The largest absolute Gasteiger partial charge is 0.501 e. The first kappa shape index (κ1) is 49.8. The summed E-state index contributed by atoms with van der Waals surface area (Å²) in [7, 11) is -6.86. The molecule has 1 aromatic heterocycles. The fourth-order valence-electron chi connectivity index (χ4n) is 8.87. The van der Waals surface area contributed by atoms with Crippen LogP contribution in [-0.4, -0.2) is 102 Å². The average Bonchev–Trinajstić information content (AvgIpc) is 3.68. The molecule has 6 aromatic rings. The molecule has 0 bridgehead atoms. The van der Waals surface area contributed by atoms with Crippen LogP contribution in [0.1, 0.15) is 35.3 Å². The van der Waals surface area contributed by atoms with Crippen LogP contribution in [0.4, 0.5) is 35.9 Å². The number of piperazine rings is 1. The molecular formula is C50H52ClF3N6O6S3. The van der Waals surface area contributed by atoms with E-state index in [9.17, 15) is 39.9 Å². The fraction of sp³-hybridized carbons (Fsp3) is 0.300. The minimum Gasteiger partial charge on any atom is -0.478 e. The molecule has 0 unspecified atom stereocenters. The molecule has 2 aliphatic heterocycles. The summed E-state index contributed by atoms with van der Waals surface area (Å²) in [5.41, 5.74) is 0.246. The number of carboxylic acids is 1. The number of sulfonamides is 1. The fourth-order valence-corrected chi connectivity index (χ4v) is 12.1. The van der Waals surface area contributed by atoms with E-state index in [-0.39, 0.29) is 11.4 Å². The number of carboxylic acid groups (broad SMARTS) is 1. The smallest absolute Gasteiger partial charge is 0.478 e. The Morgan fingerprint density at radius 1 is 0.797 bits per heavy atom. The molecule has 364 valence electrons. The van der Waals surface area contributed by atoms with Crippen LogP contribution in [0.2, 0.25) is 5.02 Å². The monoisotopic (exact) mass is 1020 g/mol. The molecule has 19 heteroatoms. The highest BCUT2D eigenvalue weighted by Crippen LogP contribution is 2.43. The Labute approximate surface area is 410 Å². The van der Waals surface area contributed by atoms with E-state index < -0.39 is 47.2 Å². The van der Waals surface area contributed by atoms with Gasteiger partial charge in [-0.3, -0.25) is 4.72 Å². The minimum atomic E-state index is -5.99. The first-order valence-corrected chi connectivity index (χ1v) is 26.7. The molecule has 1 fully saturated rings. The molecule has 2 aliphatic rings. The van der Waals surface area contributed by atoms with Gasteiger partial charge < -0.3 is 29.7 Å². The van der Waals surface area contributed by atoms with Crippen molar-refractivity contribution in [2.45, 2.75) is 58.5 Å². The number of nitrogens with zero attached hydrogens (tertiary/aromatic N) is 4. The number of carbonyl (C=O) groups is 1. The third-order valence-corrected chi connectivity index (χ3v) is 16.7. The molecule has 0 amide bonds. The van der Waals surface area contributed by atoms with E-state index in [1.54, 1.807) is 24.3 Å². The van der Waals surface area contributed by atoms with Crippen molar-refractivity contribution >= 4 is 71.9 Å². The Balaban J connectivity index is 0.969. The molecule has 3 heterocycles. The lowest BCUT2D eigenvalue weighted by Gasteiger charge is -2.37. The number of fused-ring (bicyclic) bond motifs is 1. The molecular weight excluding hydrogens is 969 g/mol. The van der Waals surface area contributed by atoms with Crippen LogP contribution in [0.25, 0.3) is 22.4 Å². The summed E-state index contributed by atoms with van der Waals surface area (Å²) >= 11 is 7.71. The van der Waals surface area contributed by atoms with Gasteiger partial charge in [-0.1, -0.05) is 54.1 Å². The molecule has 8 rings (SSSR count). The zero-order valence-corrected chi connectivity index (χ0v) is 41.1. The second-order valence-corrected chi connectivity index (χ2v) is 22.4. The molecule has 0 radical (unpaired) electrons. The van der Waals surface area contributed by atoms with E-state index in [2.05, 4.69) is 24.4 Å². The summed E-state index contributed by atoms with van der Waals surface area (Å²) in [6.45, 7) is 3.78. The SMILES string of the molecule is CN(C)CC[C@H](CSc1ccccc1)Nc1ccc(S(=O)(=O)Nc2ccc(N3CCN(c4cccc(-c5c(C(=O)O)c6n(c5-c5ccc(Cl)cc5)CCCC6)c4)CC3)cc2)cc1S(=O)(=O)C(F)(F)F. The summed E-state index contributed by atoms with van der Waals surface area (Å²) in [5, 5.41) is 14.2. The summed E-state index contributed by atoms with van der Waals surface area (Å²) in [6, 6.07) is 33.6. The van der Waals surface area contributed by atoms with Crippen molar-refractivity contribution < 1.29 is 39.9 Å². The number of aromatic nitrogens is 1. The number of sulfone groups is 1. The van der Waals surface area contributed by atoms with Crippen LogP contribution >= 0.6 is 23.4 Å². The third kappa shape index (κ3) is 11.2. The number of nitrogens with one attached hydrogen (secondary N) is 2. The number of anilines is 4. The number of rotatable bonds is 17. The van der Waals surface area contributed by atoms with Gasteiger partial charge in [-0.2, -0.15) is 13.2 Å². The Bertz CT molecular complexity index is 3020. The molecule has 3 N–H and O–H groups in total. The number of alkyl halides is 3. The lowest BCUT2D eigenvalue weighted by atomic mass is 9.95. The highest BCUT2D eigenvalue weighted by Gasteiger charge is 2.48.